The van der Waals surface area contributed by atoms with Crippen LogP contribution >= 0.6 is 0 Å². The zero-order valence-electron chi connectivity index (χ0n) is 10.4. The largest absolute Gasteiger partial charge is 0.500 e. The van der Waals surface area contributed by atoms with Gasteiger partial charge in [-0.05, 0) is 18.6 Å². The van der Waals surface area contributed by atoms with Crippen LogP contribution in [0.25, 0.3) is 0 Å². The van der Waals surface area contributed by atoms with Crippen LogP contribution in [-0.2, 0) is 14.3 Å². The highest BCUT2D eigenvalue weighted by Gasteiger charge is 2.14. The SMILES string of the molecule is CO/C=C(\Oc1cc(C=O)ccc1C)C(=O)OC. The summed E-state index contributed by atoms with van der Waals surface area (Å²) in [7, 11) is 2.63. The first kappa shape index (κ1) is 13.8. The summed E-state index contributed by atoms with van der Waals surface area (Å²) in [6, 6.07) is 4.92. The molecule has 1 aromatic rings. The molecule has 1 aromatic carbocycles. The second-order valence-electron chi connectivity index (χ2n) is 3.45. The highest BCUT2D eigenvalue weighted by Crippen LogP contribution is 2.21. The molecule has 0 bridgehead atoms. The highest BCUT2D eigenvalue weighted by molar-refractivity contribution is 5.86. The van der Waals surface area contributed by atoms with Crippen LogP contribution in [-0.4, -0.2) is 26.5 Å². The van der Waals surface area contributed by atoms with E-state index < -0.39 is 5.97 Å². The number of ether oxygens (including phenoxy) is 3. The Morgan fingerprint density at radius 2 is 2.00 bits per heavy atom. The number of esters is 1. The van der Waals surface area contributed by atoms with Crippen LogP contribution in [0, 0.1) is 6.92 Å². The minimum absolute atomic E-state index is 0.0915. The summed E-state index contributed by atoms with van der Waals surface area (Å²) in [5, 5.41) is 0. The van der Waals surface area contributed by atoms with Crippen molar-refractivity contribution in [1.82, 2.24) is 0 Å². The fourth-order valence-corrected chi connectivity index (χ4v) is 1.24. The standard InChI is InChI=1S/C13H14O5/c1-9-4-5-10(7-14)6-11(9)18-12(8-16-2)13(15)17-3/h4-8H,1-3H3/b12-8-. The van der Waals surface area contributed by atoms with Gasteiger partial charge in [-0.3, -0.25) is 4.79 Å². The van der Waals surface area contributed by atoms with E-state index in [0.29, 0.717) is 17.6 Å². The average Bonchev–Trinajstić information content (AvgIpc) is 2.39. The Bertz CT molecular complexity index is 476. The number of hydrogen-bond acceptors (Lipinski definition) is 5. The topological polar surface area (TPSA) is 61.8 Å². The molecule has 0 saturated carbocycles. The molecule has 1 rings (SSSR count). The molecule has 0 heterocycles. The molecule has 0 amide bonds. The Kier molecular flexibility index (Phi) is 4.92. The molecule has 18 heavy (non-hydrogen) atoms. The minimum atomic E-state index is -0.659. The van der Waals surface area contributed by atoms with Gasteiger partial charge in [0, 0.05) is 5.56 Å². The van der Waals surface area contributed by atoms with Crippen LogP contribution in [0.15, 0.2) is 30.2 Å². The number of carbonyl (C=O) groups excluding carboxylic acids is 2. The summed E-state index contributed by atoms with van der Waals surface area (Å²) in [5.74, 6) is -0.354. The van der Waals surface area contributed by atoms with E-state index in [1.165, 1.54) is 20.3 Å². The number of aldehydes is 1. The van der Waals surface area contributed by atoms with E-state index in [-0.39, 0.29) is 5.76 Å². The van der Waals surface area contributed by atoms with Crippen LogP contribution in [0.3, 0.4) is 0 Å². The number of benzene rings is 1. The van der Waals surface area contributed by atoms with E-state index in [9.17, 15) is 9.59 Å². The lowest BCUT2D eigenvalue weighted by atomic mass is 10.1. The Morgan fingerprint density at radius 1 is 1.28 bits per heavy atom. The van der Waals surface area contributed by atoms with Gasteiger partial charge in [0.15, 0.2) is 0 Å². The van der Waals surface area contributed by atoms with E-state index in [0.717, 1.165) is 11.8 Å². The Balaban J connectivity index is 3.03. The van der Waals surface area contributed by atoms with Crippen molar-refractivity contribution in [2.24, 2.45) is 0 Å². The van der Waals surface area contributed by atoms with Gasteiger partial charge in [0.05, 0.1) is 14.2 Å². The molecule has 0 radical (unpaired) electrons. The summed E-state index contributed by atoms with van der Waals surface area (Å²) in [6.07, 6.45) is 1.84. The number of hydrogen-bond donors (Lipinski definition) is 0. The van der Waals surface area contributed by atoms with Gasteiger partial charge in [-0.1, -0.05) is 12.1 Å². The molecular weight excluding hydrogens is 236 g/mol. The predicted molar refractivity (Wildman–Crippen MR) is 64.3 cm³/mol. The maximum atomic E-state index is 11.4. The van der Waals surface area contributed by atoms with Crippen LogP contribution in [0.4, 0.5) is 0 Å². The van der Waals surface area contributed by atoms with E-state index in [1.54, 1.807) is 19.1 Å². The molecule has 96 valence electrons. The van der Waals surface area contributed by atoms with Crippen molar-refractivity contribution in [1.29, 1.82) is 0 Å². The third-order valence-corrected chi connectivity index (χ3v) is 2.18. The molecule has 0 aliphatic rings. The first-order valence-electron chi connectivity index (χ1n) is 5.17. The van der Waals surface area contributed by atoms with E-state index in [2.05, 4.69) is 4.74 Å². The molecule has 0 N–H and O–H groups in total. The van der Waals surface area contributed by atoms with Crippen LogP contribution < -0.4 is 4.74 Å². The first-order valence-corrected chi connectivity index (χ1v) is 5.17. The van der Waals surface area contributed by atoms with Crippen molar-refractivity contribution in [3.63, 3.8) is 0 Å². The van der Waals surface area contributed by atoms with Gasteiger partial charge < -0.3 is 14.2 Å². The Labute approximate surface area is 105 Å². The van der Waals surface area contributed by atoms with Gasteiger partial charge in [-0.15, -0.1) is 0 Å². The molecule has 0 saturated heterocycles. The molecular formula is C13H14O5. The molecule has 0 fully saturated rings. The minimum Gasteiger partial charge on any atom is -0.500 e. The molecule has 0 spiro atoms. The number of carbonyl (C=O) groups is 2. The van der Waals surface area contributed by atoms with Crippen molar-refractivity contribution in [2.45, 2.75) is 6.92 Å². The van der Waals surface area contributed by atoms with Crippen molar-refractivity contribution < 1.29 is 23.8 Å². The monoisotopic (exact) mass is 250 g/mol. The molecule has 0 aromatic heterocycles. The van der Waals surface area contributed by atoms with Gasteiger partial charge >= 0.3 is 5.97 Å². The molecule has 5 nitrogen and oxygen atoms in total. The highest BCUT2D eigenvalue weighted by atomic mass is 16.6. The number of rotatable bonds is 5. The normalized spacial score (nSPS) is 10.7. The lowest BCUT2D eigenvalue weighted by molar-refractivity contribution is -0.138. The quantitative estimate of drug-likeness (QED) is 0.345. The molecule has 0 unspecified atom stereocenters. The third-order valence-electron chi connectivity index (χ3n) is 2.18. The van der Waals surface area contributed by atoms with E-state index >= 15 is 0 Å². The Hall–Kier alpha value is -2.30. The summed E-state index contributed by atoms with van der Waals surface area (Å²) >= 11 is 0. The van der Waals surface area contributed by atoms with Gasteiger partial charge in [-0.2, -0.15) is 0 Å². The molecule has 0 aliphatic heterocycles. The van der Waals surface area contributed by atoms with Gasteiger partial charge in [0.1, 0.15) is 18.3 Å². The second-order valence-corrected chi connectivity index (χ2v) is 3.45. The van der Waals surface area contributed by atoms with E-state index in [4.69, 9.17) is 9.47 Å². The smallest absolute Gasteiger partial charge is 0.377 e. The zero-order valence-corrected chi connectivity index (χ0v) is 10.4. The Morgan fingerprint density at radius 3 is 2.56 bits per heavy atom. The van der Waals surface area contributed by atoms with Gasteiger partial charge in [0.25, 0.3) is 0 Å². The summed E-state index contributed by atoms with van der Waals surface area (Å²) in [5.41, 5.74) is 1.24. The third kappa shape index (κ3) is 3.35. The van der Waals surface area contributed by atoms with E-state index in [1.807, 2.05) is 0 Å². The van der Waals surface area contributed by atoms with Crippen molar-refractivity contribution in [3.05, 3.63) is 41.3 Å². The van der Waals surface area contributed by atoms with Crippen molar-refractivity contribution in [3.8, 4) is 5.75 Å². The maximum absolute atomic E-state index is 11.4. The van der Waals surface area contributed by atoms with Gasteiger partial charge in [0.2, 0.25) is 5.76 Å². The zero-order chi connectivity index (χ0) is 13.5. The molecule has 0 aliphatic carbocycles. The molecule has 0 atom stereocenters. The number of methoxy groups -OCH3 is 2. The molecule has 5 heteroatoms. The second kappa shape index (κ2) is 6.44. The summed E-state index contributed by atoms with van der Waals surface area (Å²) in [4.78, 5) is 22.1. The van der Waals surface area contributed by atoms with Gasteiger partial charge in [-0.25, -0.2) is 4.79 Å². The average molecular weight is 250 g/mol. The van der Waals surface area contributed by atoms with Crippen LogP contribution in [0.1, 0.15) is 15.9 Å². The lowest BCUT2D eigenvalue weighted by Gasteiger charge is -2.10. The maximum Gasteiger partial charge on any atom is 0.377 e. The van der Waals surface area contributed by atoms with Crippen molar-refractivity contribution in [2.75, 3.05) is 14.2 Å². The van der Waals surface area contributed by atoms with Crippen molar-refractivity contribution >= 4 is 12.3 Å². The first-order chi connectivity index (χ1) is 8.62. The fourth-order valence-electron chi connectivity index (χ4n) is 1.24. The number of aryl methyl sites for hydroxylation is 1. The summed E-state index contributed by atoms with van der Waals surface area (Å²) in [6.45, 7) is 1.80. The van der Waals surface area contributed by atoms with Crippen LogP contribution in [0.5, 0.6) is 5.75 Å². The van der Waals surface area contributed by atoms with Crippen LogP contribution in [0.2, 0.25) is 0 Å². The fraction of sp³-hybridized carbons (Fsp3) is 0.231. The summed E-state index contributed by atoms with van der Waals surface area (Å²) < 4.78 is 14.7. The lowest BCUT2D eigenvalue weighted by Crippen LogP contribution is -2.11. The predicted octanol–water partition coefficient (Wildman–Crippen LogP) is 1.85.